The highest BCUT2D eigenvalue weighted by molar-refractivity contribution is 14.0. The largest absolute Gasteiger partial charge is 0.357 e. The molecule has 6 nitrogen and oxygen atoms in total. The van der Waals surface area contributed by atoms with Crippen molar-refractivity contribution in [3.8, 4) is 0 Å². The Hall–Kier alpha value is -1.42. The molecule has 2 aliphatic carbocycles. The number of aliphatic imine (C=N–C) groups is 1. The lowest BCUT2D eigenvalue weighted by Gasteiger charge is -2.18. The maximum absolute atomic E-state index is 12.7. The van der Waals surface area contributed by atoms with Gasteiger partial charge in [-0.25, -0.2) is 0 Å². The Balaban J connectivity index is 0.00000225. The van der Waals surface area contributed by atoms with Crippen molar-refractivity contribution in [2.75, 3.05) is 26.2 Å². The van der Waals surface area contributed by atoms with Crippen molar-refractivity contribution >= 4 is 53.1 Å². The summed E-state index contributed by atoms with van der Waals surface area (Å²) in [6.07, 6.45) is 6.13. The third kappa shape index (κ3) is 4.12. The van der Waals surface area contributed by atoms with E-state index >= 15 is 0 Å². The fourth-order valence-electron chi connectivity index (χ4n) is 4.54. The molecule has 152 valence electrons. The van der Waals surface area contributed by atoms with Gasteiger partial charge in [0.2, 0.25) is 11.8 Å². The molecule has 4 rings (SSSR count). The summed E-state index contributed by atoms with van der Waals surface area (Å²) in [5, 5.41) is 10.7. The first kappa shape index (κ1) is 21.3. The zero-order valence-corrected chi connectivity index (χ0v) is 19.1. The first-order valence-corrected chi connectivity index (χ1v) is 10.7. The van der Waals surface area contributed by atoms with Crippen LogP contribution in [-0.4, -0.2) is 48.9 Å². The second kappa shape index (κ2) is 9.39. The monoisotopic (exact) mass is 514 g/mol. The van der Waals surface area contributed by atoms with Gasteiger partial charge < -0.3 is 10.6 Å². The first-order valence-electron chi connectivity index (χ1n) is 9.76. The number of carbonyl (C=O) groups is 2. The fourth-order valence-corrected chi connectivity index (χ4v) is 5.25. The molecule has 2 fully saturated rings. The van der Waals surface area contributed by atoms with Crippen molar-refractivity contribution < 1.29 is 9.59 Å². The van der Waals surface area contributed by atoms with Crippen LogP contribution in [0.25, 0.3) is 0 Å². The lowest BCUT2D eigenvalue weighted by molar-refractivity contribution is -0.140. The smallest absolute Gasteiger partial charge is 0.233 e. The zero-order chi connectivity index (χ0) is 18.8. The molecule has 8 heteroatoms. The minimum absolute atomic E-state index is 0. The van der Waals surface area contributed by atoms with Crippen LogP contribution in [0.1, 0.15) is 18.9 Å². The number of hydrogen-bond donors (Lipinski definition) is 2. The molecule has 0 spiro atoms. The fraction of sp³-hybridized carbons (Fsp3) is 0.550. The number of hydrogen-bond acceptors (Lipinski definition) is 4. The number of fused-ring (bicyclic) bond motifs is 5. The van der Waals surface area contributed by atoms with Crippen molar-refractivity contribution in [3.05, 3.63) is 34.5 Å². The highest BCUT2D eigenvalue weighted by atomic mass is 127. The van der Waals surface area contributed by atoms with E-state index < -0.39 is 0 Å². The third-order valence-corrected chi connectivity index (χ3v) is 6.52. The van der Waals surface area contributed by atoms with Crippen molar-refractivity contribution in [1.82, 2.24) is 15.5 Å². The van der Waals surface area contributed by atoms with E-state index in [-0.39, 0.29) is 59.5 Å². The van der Waals surface area contributed by atoms with Gasteiger partial charge in [0.1, 0.15) is 0 Å². The second-order valence-corrected chi connectivity index (χ2v) is 8.18. The number of rotatable bonds is 7. The quantitative estimate of drug-likeness (QED) is 0.193. The predicted octanol–water partition coefficient (Wildman–Crippen LogP) is 2.27. The molecule has 1 aromatic heterocycles. The van der Waals surface area contributed by atoms with E-state index in [2.05, 4.69) is 44.6 Å². The maximum atomic E-state index is 12.7. The topological polar surface area (TPSA) is 73.8 Å². The second-order valence-electron chi connectivity index (χ2n) is 7.40. The Bertz CT molecular complexity index is 734. The Morgan fingerprint density at radius 3 is 2.54 bits per heavy atom. The van der Waals surface area contributed by atoms with Gasteiger partial charge in [-0.3, -0.25) is 19.5 Å². The van der Waals surface area contributed by atoms with Crippen LogP contribution in [0.4, 0.5) is 0 Å². The standard InChI is InChI=1S/C20H26N4O2S.HI/c1-2-21-20(22-7-5-13-6-10-27-12-13)23-8-9-24-18(25)16-14-3-4-15(11-14)17(16)19(24)26;/h3-4,6,10,12,14-17H,2,5,7-9,11H2,1H3,(H2,21,22,23);1H. The van der Waals surface area contributed by atoms with Gasteiger partial charge in [0.05, 0.1) is 11.8 Å². The van der Waals surface area contributed by atoms with Crippen LogP contribution in [0.2, 0.25) is 0 Å². The van der Waals surface area contributed by atoms with Gasteiger partial charge in [-0.1, -0.05) is 12.2 Å². The van der Waals surface area contributed by atoms with Crippen LogP contribution in [0.3, 0.4) is 0 Å². The van der Waals surface area contributed by atoms with Crippen LogP contribution >= 0.6 is 35.3 Å². The molecule has 2 amide bonds. The highest BCUT2D eigenvalue weighted by Crippen LogP contribution is 2.52. The number of halogens is 1. The van der Waals surface area contributed by atoms with Gasteiger partial charge in [0.15, 0.2) is 5.96 Å². The lowest BCUT2D eigenvalue weighted by atomic mass is 9.85. The minimum Gasteiger partial charge on any atom is -0.357 e. The number of likely N-dealkylation sites (tertiary alicyclic amines) is 1. The summed E-state index contributed by atoms with van der Waals surface area (Å²) in [7, 11) is 0. The molecule has 2 bridgehead atoms. The number of nitrogens with zero attached hydrogens (tertiary/aromatic N) is 2. The Labute approximate surface area is 186 Å². The molecule has 2 heterocycles. The average Bonchev–Trinajstić information content (AvgIpc) is 3.43. The summed E-state index contributed by atoms with van der Waals surface area (Å²) < 4.78 is 0. The van der Waals surface area contributed by atoms with Gasteiger partial charge >= 0.3 is 0 Å². The summed E-state index contributed by atoms with van der Waals surface area (Å²) in [6, 6.07) is 2.12. The van der Waals surface area contributed by atoms with E-state index in [1.165, 1.54) is 10.5 Å². The predicted molar refractivity (Wildman–Crippen MR) is 122 cm³/mol. The van der Waals surface area contributed by atoms with Crippen LogP contribution in [0.15, 0.2) is 34.0 Å². The van der Waals surface area contributed by atoms with Crippen LogP contribution in [-0.2, 0) is 16.0 Å². The highest BCUT2D eigenvalue weighted by Gasteiger charge is 2.58. The summed E-state index contributed by atoms with van der Waals surface area (Å²) in [5.41, 5.74) is 1.29. The molecule has 4 atom stereocenters. The molecule has 2 N–H and O–H groups in total. The Morgan fingerprint density at radius 2 is 1.93 bits per heavy atom. The lowest BCUT2D eigenvalue weighted by Crippen LogP contribution is -2.43. The maximum Gasteiger partial charge on any atom is 0.233 e. The minimum atomic E-state index is -0.111. The number of amides is 2. The van der Waals surface area contributed by atoms with Gasteiger partial charge in [-0.15, -0.1) is 24.0 Å². The summed E-state index contributed by atoms with van der Waals surface area (Å²) in [6.45, 7) is 4.41. The number of carbonyl (C=O) groups excluding carboxylic acids is 2. The van der Waals surface area contributed by atoms with E-state index in [0.29, 0.717) is 19.6 Å². The van der Waals surface area contributed by atoms with E-state index in [1.807, 2.05) is 6.92 Å². The van der Waals surface area contributed by atoms with Crippen molar-refractivity contribution in [1.29, 1.82) is 0 Å². The molecule has 28 heavy (non-hydrogen) atoms. The first-order chi connectivity index (χ1) is 13.2. The van der Waals surface area contributed by atoms with Crippen LogP contribution in [0, 0.1) is 23.7 Å². The molecule has 1 saturated heterocycles. The van der Waals surface area contributed by atoms with E-state index in [4.69, 9.17) is 0 Å². The molecule has 0 aromatic carbocycles. The SMILES string of the molecule is CCNC(=NCCc1ccsc1)NCCN1C(=O)C2C3C=CC(C3)C2C1=O.I. The summed E-state index contributed by atoms with van der Waals surface area (Å²) >= 11 is 1.70. The molecule has 1 aromatic rings. The number of allylic oxidation sites excluding steroid dienone is 2. The molecule has 3 aliphatic rings. The van der Waals surface area contributed by atoms with Crippen molar-refractivity contribution in [3.63, 3.8) is 0 Å². The van der Waals surface area contributed by atoms with E-state index in [1.54, 1.807) is 11.3 Å². The molecule has 0 radical (unpaired) electrons. The van der Waals surface area contributed by atoms with Crippen LogP contribution in [0.5, 0.6) is 0 Å². The van der Waals surface area contributed by atoms with E-state index in [9.17, 15) is 9.59 Å². The molecular weight excluding hydrogens is 487 g/mol. The van der Waals surface area contributed by atoms with Crippen LogP contribution < -0.4 is 10.6 Å². The van der Waals surface area contributed by atoms with E-state index in [0.717, 1.165) is 25.3 Å². The van der Waals surface area contributed by atoms with Crippen molar-refractivity contribution in [2.45, 2.75) is 19.8 Å². The molecule has 1 saturated carbocycles. The Morgan fingerprint density at radius 1 is 1.21 bits per heavy atom. The van der Waals surface area contributed by atoms with Gasteiger partial charge in [0, 0.05) is 26.2 Å². The summed E-state index contributed by atoms with van der Waals surface area (Å²) in [4.78, 5) is 31.4. The normalized spacial score (nSPS) is 27.9. The number of imide groups is 1. The number of guanidine groups is 1. The van der Waals surface area contributed by atoms with Gasteiger partial charge in [-0.2, -0.15) is 11.3 Å². The summed E-state index contributed by atoms with van der Waals surface area (Å²) in [5.74, 6) is 1.08. The molecular formula is C20H27IN4O2S. The number of thiophene rings is 1. The van der Waals surface area contributed by atoms with Crippen molar-refractivity contribution in [2.24, 2.45) is 28.7 Å². The third-order valence-electron chi connectivity index (χ3n) is 5.78. The Kier molecular flexibility index (Phi) is 7.14. The molecule has 4 unspecified atom stereocenters. The zero-order valence-electron chi connectivity index (χ0n) is 16.0. The average molecular weight is 514 g/mol. The molecule has 1 aliphatic heterocycles. The van der Waals surface area contributed by atoms with Gasteiger partial charge in [-0.05, 0) is 54.0 Å². The van der Waals surface area contributed by atoms with Gasteiger partial charge in [0.25, 0.3) is 0 Å². The number of nitrogens with one attached hydrogen (secondary N) is 2.